The molecular formula is C12H16N6OS. The molecule has 2 aromatic heterocycles. The molecule has 0 aromatic carbocycles. The lowest BCUT2D eigenvalue weighted by Crippen LogP contribution is -2.51. The van der Waals surface area contributed by atoms with Gasteiger partial charge in [-0.15, -0.1) is 5.10 Å². The van der Waals surface area contributed by atoms with Crippen LogP contribution in [0.2, 0.25) is 0 Å². The monoisotopic (exact) mass is 292 g/mol. The number of carbonyl (C=O) groups is 1. The number of hydrogen-bond donors (Lipinski definition) is 0. The smallest absolute Gasteiger partial charge is 0.267 e. The Morgan fingerprint density at radius 1 is 1.50 bits per heavy atom. The second kappa shape index (κ2) is 5.66. The highest BCUT2D eigenvalue weighted by molar-refractivity contribution is 7.08. The molecule has 3 rings (SSSR count). The van der Waals surface area contributed by atoms with E-state index in [9.17, 15) is 4.79 Å². The number of likely N-dealkylation sites (tertiary alicyclic amines) is 1. The van der Waals surface area contributed by atoms with Crippen molar-refractivity contribution >= 4 is 17.4 Å². The van der Waals surface area contributed by atoms with E-state index < -0.39 is 0 Å². The summed E-state index contributed by atoms with van der Waals surface area (Å²) >= 11 is 1.20. The van der Waals surface area contributed by atoms with Gasteiger partial charge in [0.15, 0.2) is 0 Å². The van der Waals surface area contributed by atoms with Crippen molar-refractivity contribution in [2.75, 3.05) is 13.1 Å². The van der Waals surface area contributed by atoms with Gasteiger partial charge in [-0.1, -0.05) is 17.8 Å². The molecule has 0 atom stereocenters. The van der Waals surface area contributed by atoms with Gasteiger partial charge in [0.25, 0.3) is 5.91 Å². The van der Waals surface area contributed by atoms with Crippen LogP contribution in [-0.2, 0) is 13.0 Å². The molecular weight excluding hydrogens is 276 g/mol. The van der Waals surface area contributed by atoms with Gasteiger partial charge >= 0.3 is 0 Å². The fourth-order valence-corrected chi connectivity index (χ4v) is 3.03. The Morgan fingerprint density at radius 2 is 2.35 bits per heavy atom. The van der Waals surface area contributed by atoms with Crippen LogP contribution in [0.5, 0.6) is 0 Å². The molecule has 8 heteroatoms. The summed E-state index contributed by atoms with van der Waals surface area (Å²) in [5, 5.41) is 8.13. The molecule has 1 aliphatic rings. The molecule has 0 N–H and O–H groups in total. The van der Waals surface area contributed by atoms with Gasteiger partial charge in [0.2, 0.25) is 0 Å². The van der Waals surface area contributed by atoms with Crippen molar-refractivity contribution in [2.45, 2.75) is 26.3 Å². The number of aryl methyl sites for hydroxylation is 1. The van der Waals surface area contributed by atoms with Gasteiger partial charge in [0, 0.05) is 25.6 Å². The quantitative estimate of drug-likeness (QED) is 0.816. The van der Waals surface area contributed by atoms with Gasteiger partial charge in [-0.25, -0.2) is 4.98 Å². The maximum atomic E-state index is 12.4. The Kier molecular flexibility index (Phi) is 3.72. The minimum atomic E-state index is 0.0679. The molecule has 7 nitrogen and oxygen atoms in total. The number of carbonyl (C=O) groups excluding carboxylic acids is 1. The molecule has 0 aliphatic carbocycles. The summed E-state index contributed by atoms with van der Waals surface area (Å²) in [5.41, 5.74) is 0.835. The van der Waals surface area contributed by atoms with E-state index in [0.29, 0.717) is 10.8 Å². The minimum Gasteiger partial charge on any atom is -0.337 e. The van der Waals surface area contributed by atoms with Crippen LogP contribution in [0.3, 0.4) is 0 Å². The van der Waals surface area contributed by atoms with Crippen LogP contribution in [0.25, 0.3) is 0 Å². The van der Waals surface area contributed by atoms with E-state index in [4.69, 9.17) is 0 Å². The summed E-state index contributed by atoms with van der Waals surface area (Å²) in [6.07, 6.45) is 5.02. The third-order valence-electron chi connectivity index (χ3n) is 3.39. The SMILES string of the molecule is CCCc1nnsc1C(=O)N1CC(Cn2cncn2)C1. The molecule has 1 saturated heterocycles. The lowest BCUT2D eigenvalue weighted by molar-refractivity contribution is 0.0465. The summed E-state index contributed by atoms with van der Waals surface area (Å²) in [4.78, 5) is 18.8. The summed E-state index contributed by atoms with van der Waals surface area (Å²) in [6, 6.07) is 0. The number of rotatable bonds is 5. The molecule has 3 heterocycles. The highest BCUT2D eigenvalue weighted by Gasteiger charge is 2.33. The first-order valence-corrected chi connectivity index (χ1v) is 7.48. The third-order valence-corrected chi connectivity index (χ3v) is 4.15. The Bertz CT molecular complexity index is 575. The van der Waals surface area contributed by atoms with Crippen molar-refractivity contribution in [3.05, 3.63) is 23.2 Å². The lowest BCUT2D eigenvalue weighted by atomic mass is 10.00. The molecule has 1 amide bonds. The van der Waals surface area contributed by atoms with E-state index in [0.717, 1.165) is 38.2 Å². The first-order chi connectivity index (χ1) is 9.78. The average Bonchev–Trinajstić information content (AvgIpc) is 3.04. The highest BCUT2D eigenvalue weighted by Crippen LogP contribution is 2.23. The maximum Gasteiger partial charge on any atom is 0.267 e. The summed E-state index contributed by atoms with van der Waals surface area (Å²) in [5.74, 6) is 0.523. The third kappa shape index (κ3) is 2.55. The van der Waals surface area contributed by atoms with Gasteiger partial charge in [-0.05, 0) is 18.0 Å². The molecule has 1 fully saturated rings. The zero-order chi connectivity index (χ0) is 13.9. The molecule has 0 saturated carbocycles. The Balaban J connectivity index is 1.56. The lowest BCUT2D eigenvalue weighted by Gasteiger charge is -2.38. The normalized spacial score (nSPS) is 15.3. The highest BCUT2D eigenvalue weighted by atomic mass is 32.1. The Hall–Kier alpha value is -1.83. The van der Waals surface area contributed by atoms with Gasteiger partial charge < -0.3 is 4.90 Å². The van der Waals surface area contributed by atoms with Crippen molar-refractivity contribution in [3.8, 4) is 0 Å². The predicted octanol–water partition coefficient (Wildman–Crippen LogP) is 0.854. The number of nitrogens with zero attached hydrogens (tertiary/aromatic N) is 6. The van der Waals surface area contributed by atoms with Gasteiger partial charge in [0.1, 0.15) is 17.5 Å². The van der Waals surface area contributed by atoms with E-state index in [1.165, 1.54) is 17.9 Å². The molecule has 0 radical (unpaired) electrons. The largest absolute Gasteiger partial charge is 0.337 e. The van der Waals surface area contributed by atoms with Crippen molar-refractivity contribution < 1.29 is 4.79 Å². The van der Waals surface area contributed by atoms with E-state index in [1.54, 1.807) is 6.33 Å². The van der Waals surface area contributed by atoms with Crippen LogP contribution in [-0.4, -0.2) is 48.2 Å². The fourth-order valence-electron chi connectivity index (χ4n) is 2.36. The van der Waals surface area contributed by atoms with E-state index in [-0.39, 0.29) is 5.91 Å². The number of amides is 1. The second-order valence-electron chi connectivity index (χ2n) is 4.99. The zero-order valence-corrected chi connectivity index (χ0v) is 12.1. The van der Waals surface area contributed by atoms with E-state index in [2.05, 4.69) is 26.6 Å². The fraction of sp³-hybridized carbons (Fsp3) is 0.583. The molecule has 2 aromatic rings. The maximum absolute atomic E-state index is 12.4. The van der Waals surface area contributed by atoms with Crippen molar-refractivity contribution in [3.63, 3.8) is 0 Å². The van der Waals surface area contributed by atoms with E-state index >= 15 is 0 Å². The standard InChI is InChI=1S/C12H16N6OS/c1-2-3-10-11(20-16-15-10)12(19)17-4-9(5-17)6-18-8-13-7-14-18/h7-9H,2-6H2,1H3. The zero-order valence-electron chi connectivity index (χ0n) is 11.3. The van der Waals surface area contributed by atoms with Gasteiger partial charge in [0.05, 0.1) is 5.69 Å². The Labute approximate surface area is 120 Å². The first kappa shape index (κ1) is 13.2. The van der Waals surface area contributed by atoms with Crippen LogP contribution < -0.4 is 0 Å². The average molecular weight is 292 g/mol. The first-order valence-electron chi connectivity index (χ1n) is 6.70. The second-order valence-corrected chi connectivity index (χ2v) is 5.75. The molecule has 1 aliphatic heterocycles. The summed E-state index contributed by atoms with van der Waals surface area (Å²) in [6.45, 7) is 4.42. The van der Waals surface area contributed by atoms with Crippen molar-refractivity contribution in [1.82, 2.24) is 29.3 Å². The van der Waals surface area contributed by atoms with Gasteiger partial charge in [-0.3, -0.25) is 9.48 Å². The van der Waals surface area contributed by atoms with Crippen molar-refractivity contribution in [1.29, 1.82) is 0 Å². The van der Waals surface area contributed by atoms with Crippen molar-refractivity contribution in [2.24, 2.45) is 5.92 Å². The van der Waals surface area contributed by atoms with Crippen LogP contribution in [0, 0.1) is 5.92 Å². The summed E-state index contributed by atoms with van der Waals surface area (Å²) < 4.78 is 5.71. The van der Waals surface area contributed by atoms with Gasteiger partial charge in [-0.2, -0.15) is 5.10 Å². The van der Waals surface area contributed by atoms with Crippen LogP contribution in [0.1, 0.15) is 28.7 Å². The molecule has 0 bridgehead atoms. The number of hydrogen-bond acceptors (Lipinski definition) is 6. The molecule has 106 valence electrons. The van der Waals surface area contributed by atoms with E-state index in [1.807, 2.05) is 9.58 Å². The molecule has 0 spiro atoms. The Morgan fingerprint density at radius 3 is 3.05 bits per heavy atom. The summed E-state index contributed by atoms with van der Waals surface area (Å²) in [7, 11) is 0. The van der Waals surface area contributed by atoms with Crippen LogP contribution >= 0.6 is 11.5 Å². The van der Waals surface area contributed by atoms with Crippen LogP contribution in [0.4, 0.5) is 0 Å². The number of aromatic nitrogens is 5. The topological polar surface area (TPSA) is 76.8 Å². The predicted molar refractivity (Wildman–Crippen MR) is 73.3 cm³/mol. The molecule has 20 heavy (non-hydrogen) atoms. The minimum absolute atomic E-state index is 0.0679. The van der Waals surface area contributed by atoms with Crippen LogP contribution in [0.15, 0.2) is 12.7 Å². The molecule has 0 unspecified atom stereocenters.